The smallest absolute Gasteiger partial charge is 0.262 e. The summed E-state index contributed by atoms with van der Waals surface area (Å²) in [6, 6.07) is 3.53. The summed E-state index contributed by atoms with van der Waals surface area (Å²) in [5.41, 5.74) is 2.12. The molecule has 1 aromatic rings. The van der Waals surface area contributed by atoms with Gasteiger partial charge in [-0.2, -0.15) is 5.10 Å². The first-order valence-electron chi connectivity index (χ1n) is 6.08. The van der Waals surface area contributed by atoms with Gasteiger partial charge in [-0.1, -0.05) is 0 Å². The van der Waals surface area contributed by atoms with Crippen molar-refractivity contribution in [3.8, 4) is 5.75 Å². The van der Waals surface area contributed by atoms with Crippen LogP contribution in [-0.4, -0.2) is 24.6 Å². The number of nitrogens with zero attached hydrogens (tertiary/aromatic N) is 2. The first-order chi connectivity index (χ1) is 9.15. The maximum absolute atomic E-state index is 11.9. The molecular weight excluding hydrogens is 246 g/mol. The Morgan fingerprint density at radius 3 is 3.00 bits per heavy atom. The number of benzene rings is 1. The maximum Gasteiger partial charge on any atom is 0.262 e. The van der Waals surface area contributed by atoms with Crippen LogP contribution >= 0.6 is 0 Å². The Labute approximate surface area is 110 Å². The van der Waals surface area contributed by atoms with Gasteiger partial charge in [0.25, 0.3) is 5.91 Å². The molecule has 1 N–H and O–H groups in total. The third-order valence-electron chi connectivity index (χ3n) is 3.08. The average molecular weight is 259 g/mol. The summed E-state index contributed by atoms with van der Waals surface area (Å²) in [6.45, 7) is 1.90. The van der Waals surface area contributed by atoms with Gasteiger partial charge in [-0.05, 0) is 31.0 Å². The predicted octanol–water partition coefficient (Wildman–Crippen LogP) is 1.44. The van der Waals surface area contributed by atoms with Crippen LogP contribution in [0.3, 0.4) is 0 Å². The highest BCUT2D eigenvalue weighted by molar-refractivity contribution is 6.00. The number of nitrogens with one attached hydrogen (secondary N) is 1. The molecule has 19 heavy (non-hydrogen) atoms. The van der Waals surface area contributed by atoms with Gasteiger partial charge < -0.3 is 10.1 Å². The molecule has 1 aromatic carbocycles. The van der Waals surface area contributed by atoms with Crippen molar-refractivity contribution in [1.29, 1.82) is 0 Å². The first-order valence-corrected chi connectivity index (χ1v) is 6.08. The van der Waals surface area contributed by atoms with Gasteiger partial charge in [0.15, 0.2) is 6.61 Å². The molecule has 0 aliphatic carbocycles. The number of aryl methyl sites for hydroxylation is 1. The van der Waals surface area contributed by atoms with Gasteiger partial charge in [0, 0.05) is 12.6 Å². The molecule has 2 heterocycles. The monoisotopic (exact) mass is 259 g/mol. The summed E-state index contributed by atoms with van der Waals surface area (Å²) in [6.07, 6.45) is 2.83. The second-order valence-corrected chi connectivity index (χ2v) is 4.51. The molecule has 2 aliphatic heterocycles. The van der Waals surface area contributed by atoms with Crippen LogP contribution in [0.25, 0.3) is 0 Å². The summed E-state index contributed by atoms with van der Waals surface area (Å²) in [5.74, 6) is 0.374. The van der Waals surface area contributed by atoms with E-state index in [1.54, 1.807) is 12.3 Å². The molecule has 0 spiro atoms. The molecule has 0 fully saturated rings. The van der Waals surface area contributed by atoms with E-state index in [-0.39, 0.29) is 18.4 Å². The lowest BCUT2D eigenvalue weighted by Gasteiger charge is -2.25. The molecule has 6 nitrogen and oxygen atoms in total. The zero-order chi connectivity index (χ0) is 13.4. The van der Waals surface area contributed by atoms with Crippen LogP contribution in [0, 0.1) is 6.92 Å². The summed E-state index contributed by atoms with van der Waals surface area (Å²) >= 11 is 0. The Hall–Kier alpha value is -2.37. The molecule has 0 aromatic heterocycles. The quantitative estimate of drug-likeness (QED) is 0.829. The van der Waals surface area contributed by atoms with Crippen LogP contribution in [0.4, 0.5) is 11.4 Å². The number of rotatable bonds is 1. The van der Waals surface area contributed by atoms with E-state index in [1.165, 1.54) is 5.01 Å². The highest BCUT2D eigenvalue weighted by atomic mass is 16.5. The topological polar surface area (TPSA) is 71.0 Å². The van der Waals surface area contributed by atoms with Crippen molar-refractivity contribution >= 4 is 29.4 Å². The van der Waals surface area contributed by atoms with E-state index in [2.05, 4.69) is 10.4 Å². The molecule has 2 amide bonds. The molecule has 6 heteroatoms. The fraction of sp³-hybridized carbons (Fsp3) is 0.308. The van der Waals surface area contributed by atoms with Crippen molar-refractivity contribution in [2.24, 2.45) is 5.10 Å². The van der Waals surface area contributed by atoms with Gasteiger partial charge in [-0.25, -0.2) is 5.01 Å². The van der Waals surface area contributed by atoms with Crippen LogP contribution in [0.5, 0.6) is 5.75 Å². The lowest BCUT2D eigenvalue weighted by atomic mass is 10.1. The summed E-state index contributed by atoms with van der Waals surface area (Å²) in [5, 5.41) is 8.22. The number of carbonyl (C=O) groups is 2. The Balaban J connectivity index is 2.04. The number of fused-ring (bicyclic) bond motifs is 1. The molecule has 2 aliphatic rings. The molecule has 3 rings (SSSR count). The number of hydrogen-bond acceptors (Lipinski definition) is 4. The van der Waals surface area contributed by atoms with Crippen molar-refractivity contribution in [1.82, 2.24) is 0 Å². The largest absolute Gasteiger partial charge is 0.482 e. The standard InChI is InChI=1S/C13H13N3O3/c1-8-5-11-9(15-12(17)7-19-11)6-10(8)16-13(18)3-2-4-14-16/h4-6H,2-3,7H2,1H3,(H,15,17). The summed E-state index contributed by atoms with van der Waals surface area (Å²) in [4.78, 5) is 23.2. The van der Waals surface area contributed by atoms with E-state index in [4.69, 9.17) is 4.74 Å². The highest BCUT2D eigenvalue weighted by Crippen LogP contribution is 2.35. The van der Waals surface area contributed by atoms with E-state index >= 15 is 0 Å². The molecule has 98 valence electrons. The minimum atomic E-state index is -0.198. The van der Waals surface area contributed by atoms with Gasteiger partial charge in [0.05, 0.1) is 11.4 Å². The number of hydrogen-bond donors (Lipinski definition) is 1. The van der Waals surface area contributed by atoms with Crippen molar-refractivity contribution in [3.05, 3.63) is 17.7 Å². The third kappa shape index (κ3) is 2.05. The fourth-order valence-electron chi connectivity index (χ4n) is 2.14. The van der Waals surface area contributed by atoms with Crippen LogP contribution in [0.1, 0.15) is 18.4 Å². The Morgan fingerprint density at radius 1 is 1.37 bits per heavy atom. The van der Waals surface area contributed by atoms with Crippen LogP contribution in [-0.2, 0) is 9.59 Å². The molecule has 0 radical (unpaired) electrons. The SMILES string of the molecule is Cc1cc2c(cc1N1N=CCCC1=O)NC(=O)CO2. The maximum atomic E-state index is 11.9. The van der Waals surface area contributed by atoms with E-state index in [0.29, 0.717) is 30.0 Å². The number of carbonyl (C=O) groups excluding carboxylic acids is 2. The average Bonchev–Trinajstić information content (AvgIpc) is 2.39. The molecule has 0 unspecified atom stereocenters. The van der Waals surface area contributed by atoms with Crippen LogP contribution in [0.15, 0.2) is 17.2 Å². The first kappa shape index (κ1) is 11.7. The van der Waals surface area contributed by atoms with Gasteiger partial charge >= 0.3 is 0 Å². The van der Waals surface area contributed by atoms with Crippen LogP contribution < -0.4 is 15.1 Å². The van der Waals surface area contributed by atoms with Crippen molar-refractivity contribution in [2.45, 2.75) is 19.8 Å². The zero-order valence-corrected chi connectivity index (χ0v) is 10.5. The van der Waals surface area contributed by atoms with Crippen molar-refractivity contribution in [2.75, 3.05) is 16.9 Å². The highest BCUT2D eigenvalue weighted by Gasteiger charge is 2.23. The summed E-state index contributed by atoms with van der Waals surface area (Å²) in [7, 11) is 0. The van der Waals surface area contributed by atoms with E-state index in [0.717, 1.165) is 5.56 Å². The number of amides is 2. The molecule has 0 saturated carbocycles. The molecule has 0 bridgehead atoms. The Morgan fingerprint density at radius 2 is 2.21 bits per heavy atom. The fourth-order valence-corrected chi connectivity index (χ4v) is 2.14. The zero-order valence-electron chi connectivity index (χ0n) is 10.5. The van der Waals surface area contributed by atoms with Crippen LogP contribution in [0.2, 0.25) is 0 Å². The Bertz CT molecular complexity index is 595. The van der Waals surface area contributed by atoms with Gasteiger partial charge in [-0.15, -0.1) is 0 Å². The second kappa shape index (κ2) is 4.38. The number of anilines is 2. The predicted molar refractivity (Wildman–Crippen MR) is 70.5 cm³/mol. The third-order valence-corrected chi connectivity index (χ3v) is 3.08. The Kier molecular flexibility index (Phi) is 2.70. The molecule has 0 saturated heterocycles. The van der Waals surface area contributed by atoms with Crippen molar-refractivity contribution < 1.29 is 14.3 Å². The lowest BCUT2D eigenvalue weighted by Crippen LogP contribution is -2.30. The normalized spacial score (nSPS) is 17.8. The number of hydrazone groups is 1. The molecule has 0 atom stereocenters. The minimum Gasteiger partial charge on any atom is -0.482 e. The van der Waals surface area contributed by atoms with Gasteiger partial charge in [0.1, 0.15) is 5.75 Å². The number of ether oxygens (including phenoxy) is 1. The minimum absolute atomic E-state index is 0.0204. The second-order valence-electron chi connectivity index (χ2n) is 4.51. The van der Waals surface area contributed by atoms with E-state index < -0.39 is 0 Å². The summed E-state index contributed by atoms with van der Waals surface area (Å²) < 4.78 is 5.33. The van der Waals surface area contributed by atoms with E-state index in [9.17, 15) is 9.59 Å². The molecular formula is C13H13N3O3. The van der Waals surface area contributed by atoms with Gasteiger partial charge in [-0.3, -0.25) is 9.59 Å². The lowest BCUT2D eigenvalue weighted by molar-refractivity contribution is -0.119. The van der Waals surface area contributed by atoms with Crippen molar-refractivity contribution in [3.63, 3.8) is 0 Å². The van der Waals surface area contributed by atoms with E-state index in [1.807, 2.05) is 13.0 Å². The van der Waals surface area contributed by atoms with Gasteiger partial charge in [0.2, 0.25) is 5.91 Å².